The third kappa shape index (κ3) is 2.98. The Balaban J connectivity index is 1.96. The lowest BCUT2D eigenvalue weighted by atomic mass is 10.0. The summed E-state index contributed by atoms with van der Waals surface area (Å²) in [4.78, 5) is 40.0. The highest BCUT2D eigenvalue weighted by Crippen LogP contribution is 2.36. The van der Waals surface area contributed by atoms with Gasteiger partial charge in [0.2, 0.25) is 0 Å². The molecule has 148 valence electrons. The van der Waals surface area contributed by atoms with Crippen molar-refractivity contribution in [3.63, 3.8) is 0 Å². The van der Waals surface area contributed by atoms with Crippen LogP contribution in [-0.4, -0.2) is 22.2 Å². The molecule has 8 nitrogen and oxygen atoms in total. The Hall–Kier alpha value is -3.81. The number of fused-ring (bicyclic) bond motifs is 1. The summed E-state index contributed by atoms with van der Waals surface area (Å²) in [6.45, 7) is 0. The fraction of sp³-hybridized carbons (Fsp3) is 0.190. The zero-order chi connectivity index (χ0) is 20.7. The highest BCUT2D eigenvalue weighted by atomic mass is 16.5. The smallest absolute Gasteiger partial charge is 0.330 e. The van der Waals surface area contributed by atoms with Crippen molar-refractivity contribution in [1.82, 2.24) is 9.13 Å². The molecule has 1 unspecified atom stereocenters. The molecular weight excluding hydrogens is 372 g/mol. The first-order valence-corrected chi connectivity index (χ1v) is 9.02. The normalized spacial score (nSPS) is 15.6. The molecule has 2 aromatic carbocycles. The fourth-order valence-electron chi connectivity index (χ4n) is 3.52. The topological polar surface area (TPSA) is 85.6 Å². The number of rotatable bonds is 3. The Morgan fingerprint density at radius 2 is 1.76 bits per heavy atom. The summed E-state index contributed by atoms with van der Waals surface area (Å²) in [5.74, 6) is 0.329. The van der Waals surface area contributed by atoms with Gasteiger partial charge in [-0.3, -0.25) is 19.1 Å². The molecule has 0 saturated heterocycles. The predicted octanol–water partition coefficient (Wildman–Crippen LogP) is 1.86. The van der Waals surface area contributed by atoms with E-state index in [2.05, 4.69) is 5.32 Å². The number of nitrogens with zero attached hydrogens (tertiary/aromatic N) is 3. The minimum Gasteiger partial charge on any atom is -0.497 e. The van der Waals surface area contributed by atoms with Crippen LogP contribution in [-0.2, 0) is 14.1 Å². The number of aromatic nitrogens is 2. The monoisotopic (exact) mass is 392 g/mol. The number of aryl methyl sites for hydroxylation is 1. The minimum atomic E-state index is -0.796. The number of anilines is 2. The van der Waals surface area contributed by atoms with Gasteiger partial charge in [0, 0.05) is 32.0 Å². The number of methoxy groups -OCH3 is 1. The van der Waals surface area contributed by atoms with Crippen molar-refractivity contribution in [3.05, 3.63) is 86.7 Å². The molecule has 1 amide bonds. The van der Waals surface area contributed by atoms with E-state index in [1.807, 2.05) is 6.07 Å². The summed E-state index contributed by atoms with van der Waals surface area (Å²) >= 11 is 0. The third-order valence-corrected chi connectivity index (χ3v) is 5.03. The van der Waals surface area contributed by atoms with Crippen LogP contribution in [0, 0.1) is 0 Å². The van der Waals surface area contributed by atoms with Crippen LogP contribution >= 0.6 is 0 Å². The van der Waals surface area contributed by atoms with Crippen molar-refractivity contribution in [2.75, 3.05) is 17.3 Å². The van der Waals surface area contributed by atoms with Gasteiger partial charge in [-0.25, -0.2) is 4.79 Å². The number of carbonyl (C=O) groups excluding carboxylic acids is 1. The molecule has 8 heteroatoms. The zero-order valence-corrected chi connectivity index (χ0v) is 16.2. The van der Waals surface area contributed by atoms with E-state index in [9.17, 15) is 14.4 Å². The van der Waals surface area contributed by atoms with Crippen LogP contribution in [0.15, 0.2) is 64.3 Å². The number of para-hydroxylation sites is 1. The van der Waals surface area contributed by atoms with Gasteiger partial charge in [-0.15, -0.1) is 0 Å². The lowest BCUT2D eigenvalue weighted by molar-refractivity contribution is 0.0974. The number of benzene rings is 2. The highest BCUT2D eigenvalue weighted by Gasteiger charge is 2.36. The summed E-state index contributed by atoms with van der Waals surface area (Å²) in [6, 6.07) is 14.2. The molecule has 2 heterocycles. The van der Waals surface area contributed by atoms with Gasteiger partial charge in [0.05, 0.1) is 23.9 Å². The quantitative estimate of drug-likeness (QED) is 0.735. The molecule has 1 aromatic heterocycles. The Kier molecular flexibility index (Phi) is 4.46. The molecule has 0 bridgehead atoms. The van der Waals surface area contributed by atoms with E-state index in [1.54, 1.807) is 56.6 Å². The van der Waals surface area contributed by atoms with Gasteiger partial charge < -0.3 is 14.6 Å². The van der Waals surface area contributed by atoms with Crippen molar-refractivity contribution in [3.8, 4) is 5.75 Å². The van der Waals surface area contributed by atoms with Crippen molar-refractivity contribution in [2.24, 2.45) is 14.1 Å². The minimum absolute atomic E-state index is 0.256. The first-order valence-electron chi connectivity index (χ1n) is 9.02. The summed E-state index contributed by atoms with van der Waals surface area (Å²) in [7, 11) is 4.54. The Bertz CT molecular complexity index is 1230. The summed E-state index contributed by atoms with van der Waals surface area (Å²) in [5.41, 5.74) is 1.06. The van der Waals surface area contributed by atoms with E-state index < -0.39 is 17.4 Å². The van der Waals surface area contributed by atoms with Crippen molar-refractivity contribution in [1.29, 1.82) is 0 Å². The van der Waals surface area contributed by atoms with E-state index in [0.717, 1.165) is 4.57 Å². The summed E-state index contributed by atoms with van der Waals surface area (Å²) < 4.78 is 7.66. The molecule has 1 N–H and O–H groups in total. The molecule has 0 aliphatic carbocycles. The molecule has 3 aromatic rings. The van der Waals surface area contributed by atoms with Crippen molar-refractivity contribution in [2.45, 2.75) is 6.17 Å². The molecule has 29 heavy (non-hydrogen) atoms. The van der Waals surface area contributed by atoms with E-state index in [4.69, 9.17) is 4.74 Å². The average molecular weight is 392 g/mol. The van der Waals surface area contributed by atoms with E-state index in [0.29, 0.717) is 22.7 Å². The fourth-order valence-corrected chi connectivity index (χ4v) is 3.52. The molecule has 0 fully saturated rings. The predicted molar refractivity (Wildman–Crippen MR) is 110 cm³/mol. The standard InChI is InChI=1S/C21H20N4O4/c1-23-12-16(19(26)24(2)21(23)28)18-22-17-10-5-4-9-15(17)20(27)25(18)13-7-6-8-14(11-13)29-3/h4-12,18,22H,1-3H3. The molecule has 0 spiro atoms. The van der Waals surface area contributed by atoms with Gasteiger partial charge >= 0.3 is 5.69 Å². The number of hydrogen-bond donors (Lipinski definition) is 1. The van der Waals surface area contributed by atoms with Gasteiger partial charge in [0.25, 0.3) is 11.5 Å². The largest absolute Gasteiger partial charge is 0.497 e. The number of ether oxygens (including phenoxy) is 1. The second-order valence-corrected chi connectivity index (χ2v) is 6.81. The van der Waals surface area contributed by atoms with Crippen LogP contribution in [0.2, 0.25) is 0 Å². The molecule has 4 rings (SSSR count). The van der Waals surface area contributed by atoms with Gasteiger partial charge in [0.1, 0.15) is 11.9 Å². The van der Waals surface area contributed by atoms with Crippen LogP contribution in [0.1, 0.15) is 22.1 Å². The van der Waals surface area contributed by atoms with Crippen molar-refractivity contribution >= 4 is 17.3 Å². The summed E-state index contributed by atoms with van der Waals surface area (Å²) in [6.07, 6.45) is 0.673. The van der Waals surface area contributed by atoms with Crippen molar-refractivity contribution < 1.29 is 9.53 Å². The average Bonchev–Trinajstić information content (AvgIpc) is 2.74. The van der Waals surface area contributed by atoms with Crippen LogP contribution in [0.25, 0.3) is 0 Å². The zero-order valence-electron chi connectivity index (χ0n) is 16.2. The van der Waals surface area contributed by atoms with Gasteiger partial charge in [-0.1, -0.05) is 18.2 Å². The number of carbonyl (C=O) groups is 1. The SMILES string of the molecule is COc1cccc(N2C(=O)c3ccccc3NC2c2cn(C)c(=O)n(C)c2=O)c1. The first-order chi connectivity index (χ1) is 13.9. The maximum atomic E-state index is 13.4. The Morgan fingerprint density at radius 3 is 2.52 bits per heavy atom. The molecule has 1 atom stereocenters. The highest BCUT2D eigenvalue weighted by molar-refractivity contribution is 6.12. The van der Waals surface area contributed by atoms with E-state index >= 15 is 0 Å². The van der Waals surface area contributed by atoms with Gasteiger partial charge in [-0.05, 0) is 24.3 Å². The molecule has 1 aliphatic rings. The van der Waals surface area contributed by atoms with Crippen LogP contribution < -0.4 is 26.2 Å². The van der Waals surface area contributed by atoms with Crippen LogP contribution in [0.5, 0.6) is 5.75 Å². The lowest BCUT2D eigenvalue weighted by Gasteiger charge is -2.37. The number of nitrogens with one attached hydrogen (secondary N) is 1. The summed E-state index contributed by atoms with van der Waals surface area (Å²) in [5, 5.41) is 3.28. The first kappa shape index (κ1) is 18.5. The maximum absolute atomic E-state index is 13.4. The molecule has 1 aliphatic heterocycles. The third-order valence-electron chi connectivity index (χ3n) is 5.03. The maximum Gasteiger partial charge on any atom is 0.330 e. The van der Waals surface area contributed by atoms with Gasteiger partial charge in [-0.2, -0.15) is 0 Å². The number of amides is 1. The van der Waals surface area contributed by atoms with E-state index in [-0.39, 0.29) is 11.5 Å². The van der Waals surface area contributed by atoms with Gasteiger partial charge in [0.15, 0.2) is 0 Å². The van der Waals surface area contributed by atoms with Crippen LogP contribution in [0.4, 0.5) is 11.4 Å². The number of hydrogen-bond acceptors (Lipinski definition) is 5. The Morgan fingerprint density at radius 1 is 1.00 bits per heavy atom. The lowest BCUT2D eigenvalue weighted by Crippen LogP contribution is -2.48. The second-order valence-electron chi connectivity index (χ2n) is 6.81. The molecule has 0 saturated carbocycles. The second kappa shape index (κ2) is 6.97. The molecule has 0 radical (unpaired) electrons. The van der Waals surface area contributed by atoms with E-state index in [1.165, 1.54) is 22.7 Å². The van der Waals surface area contributed by atoms with Crippen LogP contribution in [0.3, 0.4) is 0 Å². The molecular formula is C21H20N4O4. The Labute approximate surface area is 166 Å².